The normalized spacial score (nSPS) is 13.7. The molecule has 0 aromatic heterocycles. The van der Waals surface area contributed by atoms with Crippen molar-refractivity contribution < 1.29 is 19.1 Å². The molecule has 0 heterocycles. The van der Waals surface area contributed by atoms with E-state index in [2.05, 4.69) is 19.2 Å². The Balaban J connectivity index is 2.69. The van der Waals surface area contributed by atoms with Crippen LogP contribution in [0.1, 0.15) is 32.8 Å². The number of halogens is 1. The summed E-state index contributed by atoms with van der Waals surface area (Å²) in [5.41, 5.74) is -1.23. The number of carbonyl (C=O) groups excluding carboxylic acids is 1. The van der Waals surface area contributed by atoms with Crippen LogP contribution in [0.15, 0.2) is 24.3 Å². The molecule has 1 unspecified atom stereocenters. The fraction of sp³-hybridized carbons (Fsp3) is 0.500. The molecule has 1 atom stereocenters. The summed E-state index contributed by atoms with van der Waals surface area (Å²) < 4.78 is 13.0. The predicted molar refractivity (Wildman–Crippen MR) is 86.3 cm³/mol. The van der Waals surface area contributed by atoms with E-state index >= 15 is 0 Å². The van der Waals surface area contributed by atoms with Crippen molar-refractivity contribution in [3.8, 4) is 0 Å². The topological polar surface area (TPSA) is 66.4 Å². The van der Waals surface area contributed by atoms with Gasteiger partial charge in [0.1, 0.15) is 5.82 Å². The summed E-state index contributed by atoms with van der Waals surface area (Å²) in [6.45, 7) is 5.62. The van der Waals surface area contributed by atoms with E-state index in [1.165, 1.54) is 43.0 Å². The first-order valence-corrected chi connectivity index (χ1v) is 8.29. The van der Waals surface area contributed by atoms with Crippen LogP contribution in [0.25, 0.3) is 0 Å². The highest BCUT2D eigenvalue weighted by molar-refractivity contribution is 7.99. The molecule has 122 valence electrons. The molecule has 0 fully saturated rings. The van der Waals surface area contributed by atoms with Crippen LogP contribution in [0, 0.1) is 11.7 Å². The van der Waals surface area contributed by atoms with Crippen LogP contribution in [0.3, 0.4) is 0 Å². The van der Waals surface area contributed by atoms with Gasteiger partial charge in [-0.2, -0.15) is 11.8 Å². The maximum Gasteiger partial charge on any atom is 0.333 e. The lowest BCUT2D eigenvalue weighted by atomic mass is 9.92. The van der Waals surface area contributed by atoms with Gasteiger partial charge in [-0.05, 0) is 42.7 Å². The molecule has 1 amide bonds. The van der Waals surface area contributed by atoms with Gasteiger partial charge in [0.25, 0.3) is 0 Å². The van der Waals surface area contributed by atoms with Gasteiger partial charge in [-0.3, -0.25) is 4.79 Å². The Kier molecular flexibility index (Phi) is 6.87. The van der Waals surface area contributed by atoms with Crippen LogP contribution in [0.4, 0.5) is 4.39 Å². The molecule has 1 aromatic carbocycles. The van der Waals surface area contributed by atoms with Crippen LogP contribution >= 0.6 is 11.8 Å². The fourth-order valence-corrected chi connectivity index (χ4v) is 2.87. The number of amides is 1. The second-order valence-electron chi connectivity index (χ2n) is 5.72. The van der Waals surface area contributed by atoms with Crippen LogP contribution < -0.4 is 5.32 Å². The Morgan fingerprint density at radius 3 is 2.41 bits per heavy atom. The van der Waals surface area contributed by atoms with Crippen molar-refractivity contribution >= 4 is 23.6 Å². The van der Waals surface area contributed by atoms with Crippen LogP contribution in [-0.2, 0) is 15.1 Å². The number of carboxylic acids is 1. The average Bonchev–Trinajstić information content (AvgIpc) is 2.43. The first-order chi connectivity index (χ1) is 10.3. The minimum Gasteiger partial charge on any atom is -0.479 e. The maximum absolute atomic E-state index is 13.0. The molecular formula is C16H22FNO3S. The number of aliphatic carboxylic acids is 1. The molecule has 1 rings (SSSR count). The Bertz CT molecular complexity index is 519. The molecule has 0 spiro atoms. The second kappa shape index (κ2) is 8.17. The van der Waals surface area contributed by atoms with Crippen molar-refractivity contribution in [3.05, 3.63) is 35.6 Å². The number of nitrogens with one attached hydrogen (secondary N) is 1. The molecule has 0 saturated carbocycles. The lowest BCUT2D eigenvalue weighted by Gasteiger charge is -2.26. The SMILES string of the molecule is CC(C)CCSCC(=O)NC(C)(C(=O)O)c1ccc(F)cc1. The number of hydrogen-bond acceptors (Lipinski definition) is 3. The summed E-state index contributed by atoms with van der Waals surface area (Å²) in [5, 5.41) is 12.0. The molecule has 2 N–H and O–H groups in total. The summed E-state index contributed by atoms with van der Waals surface area (Å²) >= 11 is 1.47. The first-order valence-electron chi connectivity index (χ1n) is 7.14. The summed E-state index contributed by atoms with van der Waals surface area (Å²) in [7, 11) is 0. The largest absolute Gasteiger partial charge is 0.479 e. The third-order valence-electron chi connectivity index (χ3n) is 3.31. The molecule has 0 aliphatic heterocycles. The van der Waals surface area contributed by atoms with Gasteiger partial charge in [-0.25, -0.2) is 9.18 Å². The lowest BCUT2D eigenvalue weighted by Crippen LogP contribution is -2.50. The molecule has 0 aliphatic rings. The number of rotatable bonds is 8. The van der Waals surface area contributed by atoms with Crippen LogP contribution in [-0.4, -0.2) is 28.5 Å². The highest BCUT2D eigenvalue weighted by atomic mass is 32.2. The molecule has 4 nitrogen and oxygen atoms in total. The van der Waals surface area contributed by atoms with E-state index in [1.807, 2.05) is 0 Å². The van der Waals surface area contributed by atoms with Crippen LogP contribution in [0.2, 0.25) is 0 Å². The van der Waals surface area contributed by atoms with Crippen molar-refractivity contribution in [3.63, 3.8) is 0 Å². The zero-order valence-corrected chi connectivity index (χ0v) is 13.9. The summed E-state index contributed by atoms with van der Waals surface area (Å²) in [6, 6.07) is 5.10. The first kappa shape index (κ1) is 18.5. The van der Waals surface area contributed by atoms with Gasteiger partial charge in [0.05, 0.1) is 5.75 Å². The summed E-state index contributed by atoms with van der Waals surface area (Å²) in [4.78, 5) is 23.5. The van der Waals surface area contributed by atoms with E-state index in [9.17, 15) is 19.1 Å². The van der Waals surface area contributed by atoms with E-state index < -0.39 is 17.3 Å². The number of carbonyl (C=O) groups is 2. The van der Waals surface area contributed by atoms with Gasteiger partial charge in [-0.1, -0.05) is 26.0 Å². The Morgan fingerprint density at radius 2 is 1.91 bits per heavy atom. The predicted octanol–water partition coefficient (Wildman–Crippen LogP) is 3.02. The molecule has 0 radical (unpaired) electrons. The molecule has 0 saturated heterocycles. The molecule has 6 heteroatoms. The van der Waals surface area contributed by atoms with E-state index in [-0.39, 0.29) is 11.7 Å². The minimum absolute atomic E-state index is 0.205. The Hall–Kier alpha value is -1.56. The standard InChI is InChI=1S/C16H22FNO3S/c1-11(2)8-9-22-10-14(19)18-16(3,15(20)21)12-4-6-13(17)7-5-12/h4-7,11H,8-10H2,1-3H3,(H,18,19)(H,20,21). The highest BCUT2D eigenvalue weighted by Gasteiger charge is 2.36. The van der Waals surface area contributed by atoms with Gasteiger partial charge in [-0.15, -0.1) is 0 Å². The van der Waals surface area contributed by atoms with Crippen molar-refractivity contribution in [2.45, 2.75) is 32.7 Å². The van der Waals surface area contributed by atoms with Crippen LogP contribution in [0.5, 0.6) is 0 Å². The number of hydrogen-bond donors (Lipinski definition) is 2. The maximum atomic E-state index is 13.0. The second-order valence-corrected chi connectivity index (χ2v) is 6.83. The molecule has 22 heavy (non-hydrogen) atoms. The average molecular weight is 327 g/mol. The Labute approximate surface area is 134 Å². The third-order valence-corrected chi connectivity index (χ3v) is 4.30. The van der Waals surface area contributed by atoms with E-state index in [4.69, 9.17) is 0 Å². The van der Waals surface area contributed by atoms with Crippen molar-refractivity contribution in [1.29, 1.82) is 0 Å². The minimum atomic E-state index is -1.57. The van der Waals surface area contributed by atoms with Crippen molar-refractivity contribution in [1.82, 2.24) is 5.32 Å². The number of carboxylic acid groups (broad SMARTS) is 1. The third kappa shape index (κ3) is 5.33. The number of thioether (sulfide) groups is 1. The van der Waals surface area contributed by atoms with E-state index in [0.717, 1.165) is 12.2 Å². The molecule has 1 aromatic rings. The van der Waals surface area contributed by atoms with E-state index in [0.29, 0.717) is 11.5 Å². The van der Waals surface area contributed by atoms with Gasteiger partial charge in [0.15, 0.2) is 5.54 Å². The highest BCUT2D eigenvalue weighted by Crippen LogP contribution is 2.22. The number of benzene rings is 1. The zero-order valence-electron chi connectivity index (χ0n) is 13.1. The van der Waals surface area contributed by atoms with Gasteiger partial charge in [0, 0.05) is 0 Å². The fourth-order valence-electron chi connectivity index (χ4n) is 1.83. The van der Waals surface area contributed by atoms with Gasteiger partial charge < -0.3 is 10.4 Å². The zero-order chi connectivity index (χ0) is 16.8. The lowest BCUT2D eigenvalue weighted by molar-refractivity contribution is -0.147. The Morgan fingerprint density at radius 1 is 1.32 bits per heavy atom. The molecule has 0 aliphatic carbocycles. The quantitative estimate of drug-likeness (QED) is 0.720. The summed E-state index contributed by atoms with van der Waals surface area (Å²) in [6.07, 6.45) is 1.01. The summed E-state index contributed by atoms with van der Waals surface area (Å²) in [5.74, 6) is -0.351. The van der Waals surface area contributed by atoms with E-state index in [1.54, 1.807) is 0 Å². The smallest absolute Gasteiger partial charge is 0.333 e. The van der Waals surface area contributed by atoms with Gasteiger partial charge in [0.2, 0.25) is 5.91 Å². The van der Waals surface area contributed by atoms with Crippen molar-refractivity contribution in [2.75, 3.05) is 11.5 Å². The molecule has 0 bridgehead atoms. The van der Waals surface area contributed by atoms with Gasteiger partial charge >= 0.3 is 5.97 Å². The monoisotopic (exact) mass is 327 g/mol. The van der Waals surface area contributed by atoms with Crippen molar-refractivity contribution in [2.24, 2.45) is 5.92 Å². The molecular weight excluding hydrogens is 305 g/mol.